The second kappa shape index (κ2) is 8.86. The molecule has 0 radical (unpaired) electrons. The van der Waals surface area contributed by atoms with E-state index in [4.69, 9.17) is 4.74 Å². The van der Waals surface area contributed by atoms with E-state index in [1.54, 1.807) is 31.4 Å². The number of amides is 1. The van der Waals surface area contributed by atoms with Crippen LogP contribution in [0.5, 0.6) is 5.75 Å². The van der Waals surface area contributed by atoms with Crippen LogP contribution in [0.4, 0.5) is 5.69 Å². The first-order valence-corrected chi connectivity index (χ1v) is 9.99. The zero-order valence-corrected chi connectivity index (χ0v) is 16.7. The van der Waals surface area contributed by atoms with E-state index in [1.807, 2.05) is 28.9 Å². The minimum absolute atomic E-state index is 0.0133. The number of ketones is 1. The number of ether oxygens (including phenoxy) is 1. The van der Waals surface area contributed by atoms with Gasteiger partial charge < -0.3 is 10.1 Å². The Kier molecular flexibility index (Phi) is 5.83. The van der Waals surface area contributed by atoms with E-state index in [9.17, 15) is 9.59 Å². The molecule has 4 rings (SSSR count). The quantitative estimate of drug-likeness (QED) is 0.545. The van der Waals surface area contributed by atoms with E-state index in [0.717, 1.165) is 18.4 Å². The van der Waals surface area contributed by atoms with Crippen LogP contribution in [-0.2, 0) is 4.79 Å². The van der Waals surface area contributed by atoms with E-state index >= 15 is 0 Å². The number of rotatable bonds is 9. The van der Waals surface area contributed by atoms with Gasteiger partial charge in [-0.05, 0) is 66.1 Å². The average molecular weight is 405 g/mol. The predicted molar refractivity (Wildman–Crippen MR) is 111 cm³/mol. The molecule has 1 heterocycles. The molecule has 8 nitrogen and oxygen atoms in total. The lowest BCUT2D eigenvalue weighted by molar-refractivity contribution is -0.116. The van der Waals surface area contributed by atoms with E-state index in [1.165, 1.54) is 0 Å². The summed E-state index contributed by atoms with van der Waals surface area (Å²) in [6.07, 6.45) is 3.24. The molecule has 0 aliphatic heterocycles. The van der Waals surface area contributed by atoms with Gasteiger partial charge in [-0.25, -0.2) is 4.68 Å². The number of nitrogens with zero attached hydrogens (tertiary/aromatic N) is 4. The molecule has 0 bridgehead atoms. The van der Waals surface area contributed by atoms with Crippen molar-refractivity contribution < 1.29 is 14.3 Å². The summed E-state index contributed by atoms with van der Waals surface area (Å²) in [4.78, 5) is 24.6. The highest BCUT2D eigenvalue weighted by atomic mass is 16.5. The standard InChI is InChI=1S/C22H23N5O3/c1-30-19-12-8-15(9-13-19)20(28)6-3-7-21(29)23-17-5-2-4-16(14-17)22-24-25-26-27(22)18-10-11-18/h2,4-5,8-9,12-14,18H,3,6-7,10-11H2,1H3,(H,23,29). The molecule has 0 saturated heterocycles. The molecule has 1 aliphatic carbocycles. The third kappa shape index (κ3) is 4.71. The van der Waals surface area contributed by atoms with Gasteiger partial charge in [0.05, 0.1) is 13.2 Å². The lowest BCUT2D eigenvalue weighted by Crippen LogP contribution is -2.12. The topological polar surface area (TPSA) is 99.0 Å². The van der Waals surface area contributed by atoms with Crippen molar-refractivity contribution >= 4 is 17.4 Å². The fourth-order valence-corrected chi connectivity index (χ4v) is 3.24. The zero-order valence-electron chi connectivity index (χ0n) is 16.7. The molecule has 8 heteroatoms. The van der Waals surface area contributed by atoms with Crippen molar-refractivity contribution in [2.24, 2.45) is 0 Å². The summed E-state index contributed by atoms with van der Waals surface area (Å²) in [5.74, 6) is 1.30. The molecule has 1 fully saturated rings. The van der Waals surface area contributed by atoms with Crippen molar-refractivity contribution in [2.75, 3.05) is 12.4 Å². The molecule has 154 valence electrons. The SMILES string of the molecule is COc1ccc(C(=O)CCCC(=O)Nc2cccc(-c3nnnn3C3CC3)c2)cc1. The molecule has 1 aromatic heterocycles. The third-order valence-corrected chi connectivity index (χ3v) is 5.01. The van der Waals surface area contributed by atoms with E-state index in [-0.39, 0.29) is 18.1 Å². The summed E-state index contributed by atoms with van der Waals surface area (Å²) in [5.41, 5.74) is 2.17. The largest absolute Gasteiger partial charge is 0.497 e. The van der Waals surface area contributed by atoms with Gasteiger partial charge in [-0.1, -0.05) is 12.1 Å². The second-order valence-corrected chi connectivity index (χ2v) is 7.31. The van der Waals surface area contributed by atoms with Crippen molar-refractivity contribution in [3.8, 4) is 17.1 Å². The van der Waals surface area contributed by atoms with Gasteiger partial charge in [0.2, 0.25) is 5.91 Å². The number of hydrogen-bond donors (Lipinski definition) is 1. The lowest BCUT2D eigenvalue weighted by atomic mass is 10.1. The Morgan fingerprint density at radius 2 is 1.93 bits per heavy atom. The maximum absolute atomic E-state index is 12.3. The van der Waals surface area contributed by atoms with Crippen LogP contribution < -0.4 is 10.1 Å². The summed E-state index contributed by atoms with van der Waals surface area (Å²) in [7, 11) is 1.58. The van der Waals surface area contributed by atoms with Crippen molar-refractivity contribution in [2.45, 2.75) is 38.1 Å². The molecule has 3 aromatic rings. The van der Waals surface area contributed by atoms with Crippen LogP contribution in [0.3, 0.4) is 0 Å². The zero-order chi connectivity index (χ0) is 20.9. The molecule has 1 saturated carbocycles. The molecule has 1 amide bonds. The van der Waals surface area contributed by atoms with Crippen LogP contribution in [0.2, 0.25) is 0 Å². The summed E-state index contributed by atoms with van der Waals surface area (Å²) in [6.45, 7) is 0. The number of anilines is 1. The first kappa shape index (κ1) is 19.8. The smallest absolute Gasteiger partial charge is 0.224 e. The Labute approximate surface area is 174 Å². The Bertz CT molecular complexity index is 1040. The molecular formula is C22H23N5O3. The summed E-state index contributed by atoms with van der Waals surface area (Å²) in [6, 6.07) is 14.8. The summed E-state index contributed by atoms with van der Waals surface area (Å²) < 4.78 is 6.93. The normalized spacial score (nSPS) is 13.1. The van der Waals surface area contributed by atoms with Crippen molar-refractivity contribution in [3.05, 3.63) is 54.1 Å². The average Bonchev–Trinajstić information content (AvgIpc) is 3.50. The summed E-state index contributed by atoms with van der Waals surface area (Å²) in [5, 5.41) is 14.9. The third-order valence-electron chi connectivity index (χ3n) is 5.01. The number of nitrogens with one attached hydrogen (secondary N) is 1. The van der Waals surface area contributed by atoms with Crippen LogP contribution in [0.15, 0.2) is 48.5 Å². The van der Waals surface area contributed by atoms with E-state index in [2.05, 4.69) is 20.8 Å². The van der Waals surface area contributed by atoms with Crippen LogP contribution in [-0.4, -0.2) is 39.0 Å². The molecule has 30 heavy (non-hydrogen) atoms. The minimum atomic E-state index is -0.128. The van der Waals surface area contributed by atoms with Crippen LogP contribution in [0.1, 0.15) is 48.5 Å². The monoisotopic (exact) mass is 405 g/mol. The predicted octanol–water partition coefficient (Wildman–Crippen LogP) is 3.68. The van der Waals surface area contributed by atoms with Gasteiger partial charge in [0.15, 0.2) is 11.6 Å². The highest BCUT2D eigenvalue weighted by molar-refractivity contribution is 5.97. The van der Waals surface area contributed by atoms with Crippen LogP contribution in [0.25, 0.3) is 11.4 Å². The van der Waals surface area contributed by atoms with Gasteiger partial charge in [0.25, 0.3) is 0 Å². The molecular weight excluding hydrogens is 382 g/mol. The molecule has 0 spiro atoms. The first-order valence-electron chi connectivity index (χ1n) is 9.99. The number of hydrogen-bond acceptors (Lipinski definition) is 6. The molecule has 2 aromatic carbocycles. The van der Waals surface area contributed by atoms with Crippen molar-refractivity contribution in [3.63, 3.8) is 0 Å². The van der Waals surface area contributed by atoms with Gasteiger partial charge in [0.1, 0.15) is 5.75 Å². The van der Waals surface area contributed by atoms with Gasteiger partial charge >= 0.3 is 0 Å². The van der Waals surface area contributed by atoms with Gasteiger partial charge in [-0.2, -0.15) is 0 Å². The highest BCUT2D eigenvalue weighted by Crippen LogP contribution is 2.36. The maximum Gasteiger partial charge on any atom is 0.224 e. The van der Waals surface area contributed by atoms with Gasteiger partial charge in [-0.3, -0.25) is 9.59 Å². The minimum Gasteiger partial charge on any atom is -0.497 e. The number of Topliss-reactive ketones (excluding diaryl/α,β-unsaturated/α-hetero) is 1. The maximum atomic E-state index is 12.3. The number of tetrazole rings is 1. The first-order chi connectivity index (χ1) is 14.6. The highest BCUT2D eigenvalue weighted by Gasteiger charge is 2.28. The molecule has 1 N–H and O–H groups in total. The molecule has 0 unspecified atom stereocenters. The van der Waals surface area contributed by atoms with E-state index in [0.29, 0.717) is 41.7 Å². The number of methoxy groups -OCH3 is 1. The van der Waals surface area contributed by atoms with E-state index < -0.39 is 0 Å². The number of aromatic nitrogens is 4. The van der Waals surface area contributed by atoms with Crippen LogP contribution in [0, 0.1) is 0 Å². The second-order valence-electron chi connectivity index (χ2n) is 7.31. The van der Waals surface area contributed by atoms with Gasteiger partial charge in [0, 0.05) is 29.7 Å². The number of carbonyl (C=O) groups is 2. The fourth-order valence-electron chi connectivity index (χ4n) is 3.24. The van der Waals surface area contributed by atoms with Crippen LogP contribution >= 0.6 is 0 Å². The summed E-state index contributed by atoms with van der Waals surface area (Å²) >= 11 is 0. The van der Waals surface area contributed by atoms with Crippen molar-refractivity contribution in [1.29, 1.82) is 0 Å². The Hall–Kier alpha value is -3.55. The van der Waals surface area contributed by atoms with Gasteiger partial charge in [-0.15, -0.1) is 5.10 Å². The Morgan fingerprint density at radius 3 is 2.67 bits per heavy atom. The Balaban J connectivity index is 1.30. The fraction of sp³-hybridized carbons (Fsp3) is 0.318. The molecule has 0 atom stereocenters. The van der Waals surface area contributed by atoms with Crippen molar-refractivity contribution in [1.82, 2.24) is 20.2 Å². The lowest BCUT2D eigenvalue weighted by Gasteiger charge is -2.08. The number of benzene rings is 2. The Morgan fingerprint density at radius 1 is 1.13 bits per heavy atom. The molecule has 1 aliphatic rings. The number of carbonyl (C=O) groups excluding carboxylic acids is 2.